The van der Waals surface area contributed by atoms with E-state index in [2.05, 4.69) is 30.2 Å². The Morgan fingerprint density at radius 2 is 1.64 bits per heavy atom. The summed E-state index contributed by atoms with van der Waals surface area (Å²) >= 11 is 0. The summed E-state index contributed by atoms with van der Waals surface area (Å²) in [5, 5.41) is 11.6. The standard InChI is InChI=1S/C19H20N2O/c1-3-14-20(15-4-2)18-11-8-17(9-12-18)10-13-19-7-5-6-16-21(19)22/h3-13,16H,1-2,14-15H2/b13-10+. The highest BCUT2D eigenvalue weighted by Crippen LogP contribution is 2.16. The van der Waals surface area contributed by atoms with Crippen molar-refractivity contribution in [1.29, 1.82) is 0 Å². The summed E-state index contributed by atoms with van der Waals surface area (Å²) in [6, 6.07) is 13.5. The summed E-state index contributed by atoms with van der Waals surface area (Å²) in [6.45, 7) is 9.11. The van der Waals surface area contributed by atoms with E-state index in [1.165, 1.54) is 6.20 Å². The van der Waals surface area contributed by atoms with Gasteiger partial charge in [0, 0.05) is 37.0 Å². The van der Waals surface area contributed by atoms with Gasteiger partial charge in [0.2, 0.25) is 5.69 Å². The predicted molar refractivity (Wildman–Crippen MR) is 93.4 cm³/mol. The molecule has 0 atom stereocenters. The molecule has 0 saturated heterocycles. The van der Waals surface area contributed by atoms with Crippen LogP contribution in [0.4, 0.5) is 5.69 Å². The van der Waals surface area contributed by atoms with Crippen molar-refractivity contribution in [2.24, 2.45) is 0 Å². The third kappa shape index (κ3) is 4.09. The zero-order valence-electron chi connectivity index (χ0n) is 12.6. The summed E-state index contributed by atoms with van der Waals surface area (Å²) in [5.41, 5.74) is 2.78. The molecular formula is C19H20N2O. The predicted octanol–water partition coefficient (Wildman–Crippen LogP) is 3.67. The minimum absolute atomic E-state index is 0.617. The van der Waals surface area contributed by atoms with E-state index in [-0.39, 0.29) is 0 Å². The van der Waals surface area contributed by atoms with Crippen molar-refractivity contribution in [2.45, 2.75) is 0 Å². The summed E-state index contributed by atoms with van der Waals surface area (Å²) in [4.78, 5) is 2.18. The molecule has 3 nitrogen and oxygen atoms in total. The van der Waals surface area contributed by atoms with Gasteiger partial charge in [0.15, 0.2) is 6.20 Å². The van der Waals surface area contributed by atoms with Crippen molar-refractivity contribution >= 4 is 17.8 Å². The van der Waals surface area contributed by atoms with Gasteiger partial charge >= 0.3 is 0 Å². The van der Waals surface area contributed by atoms with Gasteiger partial charge in [-0.25, -0.2) is 0 Å². The SMILES string of the molecule is C=CCN(CC=C)c1ccc(/C=C/c2cccc[n+]2[O-])cc1. The van der Waals surface area contributed by atoms with E-state index < -0.39 is 0 Å². The van der Waals surface area contributed by atoms with Crippen LogP contribution in [0.3, 0.4) is 0 Å². The van der Waals surface area contributed by atoms with E-state index in [0.29, 0.717) is 5.69 Å². The fourth-order valence-electron chi connectivity index (χ4n) is 2.15. The molecule has 112 valence electrons. The summed E-state index contributed by atoms with van der Waals surface area (Å²) < 4.78 is 0.848. The van der Waals surface area contributed by atoms with Crippen molar-refractivity contribution in [3.8, 4) is 0 Å². The molecule has 0 radical (unpaired) electrons. The van der Waals surface area contributed by atoms with Gasteiger partial charge in [0.1, 0.15) is 0 Å². The van der Waals surface area contributed by atoms with Gasteiger partial charge in [-0.15, -0.1) is 13.2 Å². The van der Waals surface area contributed by atoms with E-state index in [9.17, 15) is 5.21 Å². The zero-order valence-corrected chi connectivity index (χ0v) is 12.6. The van der Waals surface area contributed by atoms with Crippen LogP contribution in [-0.2, 0) is 0 Å². The maximum absolute atomic E-state index is 11.6. The van der Waals surface area contributed by atoms with E-state index in [1.807, 2.05) is 42.5 Å². The number of aromatic nitrogens is 1. The topological polar surface area (TPSA) is 30.2 Å². The normalized spacial score (nSPS) is 10.5. The Morgan fingerprint density at radius 1 is 0.955 bits per heavy atom. The van der Waals surface area contributed by atoms with Gasteiger partial charge in [-0.3, -0.25) is 0 Å². The number of benzene rings is 1. The number of hydrogen-bond donors (Lipinski definition) is 0. The second-order valence-electron chi connectivity index (χ2n) is 4.86. The van der Waals surface area contributed by atoms with Crippen molar-refractivity contribution < 1.29 is 4.73 Å². The van der Waals surface area contributed by atoms with Crippen LogP contribution < -0.4 is 9.63 Å². The molecule has 0 spiro atoms. The number of hydrogen-bond acceptors (Lipinski definition) is 2. The lowest BCUT2D eigenvalue weighted by molar-refractivity contribution is -0.607. The van der Waals surface area contributed by atoms with Gasteiger partial charge in [-0.2, -0.15) is 4.73 Å². The summed E-state index contributed by atoms with van der Waals surface area (Å²) in [5.74, 6) is 0. The Hall–Kier alpha value is -2.81. The number of anilines is 1. The fraction of sp³-hybridized carbons (Fsp3) is 0.105. The summed E-state index contributed by atoms with van der Waals surface area (Å²) in [6.07, 6.45) is 8.98. The largest absolute Gasteiger partial charge is 0.618 e. The van der Waals surface area contributed by atoms with Gasteiger partial charge < -0.3 is 10.1 Å². The Morgan fingerprint density at radius 3 is 2.23 bits per heavy atom. The van der Waals surface area contributed by atoms with Crippen LogP contribution >= 0.6 is 0 Å². The minimum atomic E-state index is 0.617. The van der Waals surface area contributed by atoms with Gasteiger partial charge in [0.05, 0.1) is 0 Å². The molecule has 0 amide bonds. The van der Waals surface area contributed by atoms with Crippen LogP contribution in [0.2, 0.25) is 0 Å². The molecule has 2 aromatic rings. The average Bonchev–Trinajstić information content (AvgIpc) is 2.54. The maximum atomic E-state index is 11.6. The number of pyridine rings is 1. The maximum Gasteiger partial charge on any atom is 0.216 e. The average molecular weight is 292 g/mol. The van der Waals surface area contributed by atoms with E-state index in [1.54, 1.807) is 12.1 Å². The third-order valence-corrected chi connectivity index (χ3v) is 3.26. The van der Waals surface area contributed by atoms with Crippen molar-refractivity contribution in [1.82, 2.24) is 0 Å². The first kappa shape index (κ1) is 15.6. The van der Waals surface area contributed by atoms with E-state index >= 15 is 0 Å². The quantitative estimate of drug-likeness (QED) is 0.443. The van der Waals surface area contributed by atoms with Crippen molar-refractivity contribution in [3.05, 3.63) is 90.4 Å². The molecule has 0 N–H and O–H groups in total. The molecule has 3 heteroatoms. The molecule has 0 bridgehead atoms. The molecule has 1 aromatic carbocycles. The van der Waals surface area contributed by atoms with Crippen LogP contribution in [0.1, 0.15) is 11.3 Å². The highest BCUT2D eigenvalue weighted by Gasteiger charge is 2.02. The molecule has 0 unspecified atom stereocenters. The Labute approximate surface area is 131 Å². The van der Waals surface area contributed by atoms with E-state index in [4.69, 9.17) is 0 Å². The van der Waals surface area contributed by atoms with Crippen LogP contribution in [-0.4, -0.2) is 13.1 Å². The second-order valence-corrected chi connectivity index (χ2v) is 4.86. The first-order valence-electron chi connectivity index (χ1n) is 7.17. The highest BCUT2D eigenvalue weighted by molar-refractivity contribution is 5.68. The van der Waals surface area contributed by atoms with Crippen LogP contribution in [0, 0.1) is 5.21 Å². The second kappa shape index (κ2) is 7.84. The Kier molecular flexibility index (Phi) is 5.55. The fourth-order valence-corrected chi connectivity index (χ4v) is 2.15. The molecule has 1 aromatic heterocycles. The smallest absolute Gasteiger partial charge is 0.216 e. The lowest BCUT2D eigenvalue weighted by atomic mass is 10.1. The van der Waals surface area contributed by atoms with Gasteiger partial charge in [-0.1, -0.05) is 24.3 Å². The first-order chi connectivity index (χ1) is 10.7. The van der Waals surface area contributed by atoms with Gasteiger partial charge in [0.25, 0.3) is 0 Å². The Balaban J connectivity index is 2.13. The molecule has 0 aliphatic carbocycles. The molecular weight excluding hydrogens is 272 g/mol. The third-order valence-electron chi connectivity index (χ3n) is 3.26. The van der Waals surface area contributed by atoms with Gasteiger partial charge in [-0.05, 0) is 29.8 Å². The zero-order chi connectivity index (χ0) is 15.8. The first-order valence-corrected chi connectivity index (χ1v) is 7.17. The van der Waals surface area contributed by atoms with Crippen LogP contribution in [0.5, 0.6) is 0 Å². The van der Waals surface area contributed by atoms with Crippen LogP contribution in [0.25, 0.3) is 12.2 Å². The van der Waals surface area contributed by atoms with Crippen molar-refractivity contribution in [2.75, 3.05) is 18.0 Å². The molecule has 0 aliphatic rings. The molecule has 1 heterocycles. The molecule has 0 fully saturated rings. The molecule has 0 aliphatic heterocycles. The number of rotatable bonds is 7. The summed E-state index contributed by atoms with van der Waals surface area (Å²) in [7, 11) is 0. The lowest BCUT2D eigenvalue weighted by Gasteiger charge is -2.21. The van der Waals surface area contributed by atoms with E-state index in [0.717, 1.165) is 29.1 Å². The molecule has 22 heavy (non-hydrogen) atoms. The van der Waals surface area contributed by atoms with Crippen molar-refractivity contribution in [3.63, 3.8) is 0 Å². The molecule has 2 rings (SSSR count). The van der Waals surface area contributed by atoms with Crippen LogP contribution in [0.15, 0.2) is 74.0 Å². The minimum Gasteiger partial charge on any atom is -0.618 e. The number of nitrogens with zero attached hydrogens (tertiary/aromatic N) is 2. The Bertz CT molecular complexity index is 649. The lowest BCUT2D eigenvalue weighted by Crippen LogP contribution is -2.28. The highest BCUT2D eigenvalue weighted by atomic mass is 16.5. The molecule has 0 saturated carbocycles. The monoisotopic (exact) mass is 292 g/mol.